The molecule has 2 aromatic rings. The van der Waals surface area contributed by atoms with E-state index >= 15 is 0 Å². The normalized spacial score (nSPS) is 11.6. The summed E-state index contributed by atoms with van der Waals surface area (Å²) >= 11 is 0. The molecule has 0 saturated carbocycles. The van der Waals surface area contributed by atoms with E-state index in [0.29, 0.717) is 5.56 Å². The first-order valence-corrected chi connectivity index (χ1v) is 7.14. The molecule has 2 aromatic carbocycles. The van der Waals surface area contributed by atoms with E-state index in [2.05, 4.69) is 0 Å². The molecule has 0 aliphatic heterocycles. The summed E-state index contributed by atoms with van der Waals surface area (Å²) in [5.74, 6) is -1.79. The predicted molar refractivity (Wildman–Crippen MR) is 85.0 cm³/mol. The van der Waals surface area contributed by atoms with E-state index in [1.165, 1.54) is 19.1 Å². The fourth-order valence-corrected chi connectivity index (χ4v) is 2.04. The zero-order valence-corrected chi connectivity index (χ0v) is 12.7. The number of nitrogens with two attached hydrogens (primary N) is 1. The number of benzene rings is 2. The maximum atomic E-state index is 12.0. The van der Waals surface area contributed by atoms with E-state index in [9.17, 15) is 14.4 Å². The molecular formula is C18H17NO4. The minimum atomic E-state index is -0.933. The highest BCUT2D eigenvalue weighted by Gasteiger charge is 2.20. The standard InChI is InChI=1S/C18H17NO4/c1-12(20)14-8-5-9-15(11-14)17(21)23-18(22)16(19)10-13-6-3-2-4-7-13/h2-9,11,16H,10,19H2,1H3/t16-/m0/s1. The Kier molecular flexibility index (Phi) is 5.38. The Bertz CT molecular complexity index is 725. The summed E-state index contributed by atoms with van der Waals surface area (Å²) < 4.78 is 4.79. The molecule has 23 heavy (non-hydrogen) atoms. The number of carbonyl (C=O) groups is 3. The van der Waals surface area contributed by atoms with Crippen molar-refractivity contribution in [2.75, 3.05) is 0 Å². The highest BCUT2D eigenvalue weighted by molar-refractivity contribution is 6.01. The Morgan fingerprint density at radius 2 is 1.65 bits per heavy atom. The van der Waals surface area contributed by atoms with Gasteiger partial charge in [0, 0.05) is 5.56 Å². The molecule has 5 nitrogen and oxygen atoms in total. The minimum Gasteiger partial charge on any atom is -0.388 e. The van der Waals surface area contributed by atoms with Crippen LogP contribution in [0.4, 0.5) is 0 Å². The molecule has 0 aliphatic rings. The van der Waals surface area contributed by atoms with Crippen LogP contribution >= 0.6 is 0 Å². The van der Waals surface area contributed by atoms with Crippen molar-refractivity contribution in [2.45, 2.75) is 19.4 Å². The first kappa shape index (κ1) is 16.6. The zero-order valence-electron chi connectivity index (χ0n) is 12.7. The highest BCUT2D eigenvalue weighted by atomic mass is 16.6. The molecule has 2 N–H and O–H groups in total. The fraction of sp³-hybridized carbons (Fsp3) is 0.167. The van der Waals surface area contributed by atoms with Gasteiger partial charge in [0.1, 0.15) is 6.04 Å². The molecule has 0 radical (unpaired) electrons. The molecule has 0 spiro atoms. The third-order valence-corrected chi connectivity index (χ3v) is 3.30. The molecule has 0 unspecified atom stereocenters. The first-order chi connectivity index (χ1) is 11.0. The number of ether oxygens (including phenoxy) is 1. The van der Waals surface area contributed by atoms with Crippen molar-refractivity contribution in [3.63, 3.8) is 0 Å². The van der Waals surface area contributed by atoms with Gasteiger partial charge in [-0.25, -0.2) is 9.59 Å². The van der Waals surface area contributed by atoms with Crippen molar-refractivity contribution < 1.29 is 19.1 Å². The van der Waals surface area contributed by atoms with Gasteiger partial charge in [0.2, 0.25) is 0 Å². The van der Waals surface area contributed by atoms with Gasteiger partial charge in [-0.1, -0.05) is 42.5 Å². The Labute approximate surface area is 134 Å². The lowest BCUT2D eigenvalue weighted by molar-refractivity contribution is -0.139. The van der Waals surface area contributed by atoms with Gasteiger partial charge >= 0.3 is 11.9 Å². The predicted octanol–water partition coefficient (Wildman–Crippen LogP) is 2.14. The van der Waals surface area contributed by atoms with Gasteiger partial charge < -0.3 is 10.5 Å². The molecule has 5 heteroatoms. The summed E-state index contributed by atoms with van der Waals surface area (Å²) in [5, 5.41) is 0. The van der Waals surface area contributed by atoms with E-state index < -0.39 is 18.0 Å². The molecule has 0 fully saturated rings. The Balaban J connectivity index is 2.00. The molecule has 0 amide bonds. The number of hydrogen-bond acceptors (Lipinski definition) is 5. The van der Waals surface area contributed by atoms with Crippen LogP contribution in [-0.2, 0) is 16.0 Å². The Hall–Kier alpha value is -2.79. The molecule has 0 aliphatic carbocycles. The molecule has 0 saturated heterocycles. The average molecular weight is 311 g/mol. The van der Waals surface area contributed by atoms with Crippen LogP contribution in [0.5, 0.6) is 0 Å². The van der Waals surface area contributed by atoms with E-state index in [0.717, 1.165) is 5.56 Å². The zero-order chi connectivity index (χ0) is 16.8. The molecular weight excluding hydrogens is 294 g/mol. The number of esters is 2. The van der Waals surface area contributed by atoms with Gasteiger partial charge in [-0.15, -0.1) is 0 Å². The minimum absolute atomic E-state index is 0.137. The molecule has 1 atom stereocenters. The smallest absolute Gasteiger partial charge is 0.345 e. The monoisotopic (exact) mass is 311 g/mol. The Morgan fingerprint density at radius 3 is 2.30 bits per heavy atom. The average Bonchev–Trinajstić information content (AvgIpc) is 2.55. The fourth-order valence-electron chi connectivity index (χ4n) is 2.04. The van der Waals surface area contributed by atoms with Gasteiger partial charge in [0.25, 0.3) is 0 Å². The number of Topliss-reactive ketones (excluding diaryl/α,β-unsaturated/α-hetero) is 1. The van der Waals surface area contributed by atoms with E-state index in [4.69, 9.17) is 10.5 Å². The summed E-state index contributed by atoms with van der Waals surface area (Å²) in [7, 11) is 0. The van der Waals surface area contributed by atoms with Crippen LogP contribution < -0.4 is 5.73 Å². The van der Waals surface area contributed by atoms with E-state index in [1.807, 2.05) is 30.3 Å². The van der Waals surface area contributed by atoms with Crippen LogP contribution in [0, 0.1) is 0 Å². The summed E-state index contributed by atoms with van der Waals surface area (Å²) in [4.78, 5) is 35.2. The van der Waals surface area contributed by atoms with Crippen molar-refractivity contribution in [3.8, 4) is 0 Å². The highest BCUT2D eigenvalue weighted by Crippen LogP contribution is 2.09. The van der Waals surface area contributed by atoms with Gasteiger partial charge in [-0.2, -0.15) is 0 Å². The third kappa shape index (κ3) is 4.59. The van der Waals surface area contributed by atoms with Gasteiger partial charge in [0.05, 0.1) is 5.56 Å². The maximum absolute atomic E-state index is 12.0. The van der Waals surface area contributed by atoms with Crippen LogP contribution in [0.25, 0.3) is 0 Å². The van der Waals surface area contributed by atoms with Crippen LogP contribution in [-0.4, -0.2) is 23.8 Å². The number of hydrogen-bond donors (Lipinski definition) is 1. The van der Waals surface area contributed by atoms with Crippen LogP contribution in [0.15, 0.2) is 54.6 Å². The largest absolute Gasteiger partial charge is 0.388 e. The Morgan fingerprint density at radius 1 is 1.00 bits per heavy atom. The lowest BCUT2D eigenvalue weighted by atomic mass is 10.1. The summed E-state index contributed by atoms with van der Waals surface area (Å²) in [6, 6.07) is 14.3. The van der Waals surface area contributed by atoms with Crippen molar-refractivity contribution in [1.29, 1.82) is 0 Å². The SMILES string of the molecule is CC(=O)c1cccc(C(=O)OC(=O)[C@@H](N)Cc2ccccc2)c1. The van der Waals surface area contributed by atoms with Crippen LogP contribution in [0.2, 0.25) is 0 Å². The quantitative estimate of drug-likeness (QED) is 0.519. The molecule has 0 aromatic heterocycles. The molecule has 2 rings (SSSR count). The first-order valence-electron chi connectivity index (χ1n) is 7.14. The topological polar surface area (TPSA) is 86.5 Å². The summed E-state index contributed by atoms with van der Waals surface area (Å²) in [5.41, 5.74) is 7.16. The second kappa shape index (κ2) is 7.47. The van der Waals surface area contributed by atoms with Crippen molar-refractivity contribution in [1.82, 2.24) is 0 Å². The maximum Gasteiger partial charge on any atom is 0.345 e. The van der Waals surface area contributed by atoms with Crippen molar-refractivity contribution in [3.05, 3.63) is 71.3 Å². The second-order valence-electron chi connectivity index (χ2n) is 5.14. The van der Waals surface area contributed by atoms with E-state index in [-0.39, 0.29) is 17.8 Å². The molecule has 0 bridgehead atoms. The number of ketones is 1. The molecule has 0 heterocycles. The van der Waals surface area contributed by atoms with Crippen molar-refractivity contribution in [2.24, 2.45) is 5.73 Å². The van der Waals surface area contributed by atoms with Gasteiger partial charge in [-0.3, -0.25) is 4.79 Å². The van der Waals surface area contributed by atoms with Crippen molar-refractivity contribution >= 4 is 17.7 Å². The number of carbonyl (C=O) groups excluding carboxylic acids is 3. The molecule has 118 valence electrons. The number of rotatable bonds is 5. The summed E-state index contributed by atoms with van der Waals surface area (Å²) in [6.45, 7) is 1.39. The lowest BCUT2D eigenvalue weighted by Crippen LogP contribution is -2.35. The summed E-state index contributed by atoms with van der Waals surface area (Å²) in [6.07, 6.45) is 0.278. The second-order valence-corrected chi connectivity index (χ2v) is 5.14. The third-order valence-electron chi connectivity index (χ3n) is 3.30. The van der Waals surface area contributed by atoms with E-state index in [1.54, 1.807) is 12.1 Å². The van der Waals surface area contributed by atoms with Crippen LogP contribution in [0.3, 0.4) is 0 Å². The van der Waals surface area contributed by atoms with Gasteiger partial charge in [-0.05, 0) is 31.0 Å². The lowest BCUT2D eigenvalue weighted by Gasteiger charge is -2.10. The van der Waals surface area contributed by atoms with Crippen LogP contribution in [0.1, 0.15) is 33.2 Å². The van der Waals surface area contributed by atoms with Gasteiger partial charge in [0.15, 0.2) is 5.78 Å².